The Kier molecular flexibility index (Phi) is 2.22. The Labute approximate surface area is 97.7 Å². The molecule has 0 unspecified atom stereocenters. The first-order valence-corrected chi connectivity index (χ1v) is 5.17. The van der Waals surface area contributed by atoms with Gasteiger partial charge in [-0.05, 0) is 18.2 Å². The van der Waals surface area contributed by atoms with Crippen LogP contribution in [0.25, 0.3) is 17.0 Å². The molecule has 3 aromatic rings. The molecule has 5 nitrogen and oxygen atoms in total. The maximum atomic E-state index is 5.14. The Morgan fingerprint density at radius 3 is 2.94 bits per heavy atom. The monoisotopic (exact) mass is 226 g/mol. The van der Waals surface area contributed by atoms with Gasteiger partial charge in [0.1, 0.15) is 5.75 Å². The Hall–Kier alpha value is -2.43. The van der Waals surface area contributed by atoms with E-state index in [1.165, 1.54) is 0 Å². The normalized spacial score (nSPS) is 10.6. The molecule has 0 amide bonds. The first kappa shape index (κ1) is 9.77. The molecule has 5 heteroatoms. The molecular formula is C12H10N4O. The molecule has 84 valence electrons. The number of ether oxygens (including phenoxy) is 1. The lowest BCUT2D eigenvalue weighted by atomic mass is 10.3. The summed E-state index contributed by atoms with van der Waals surface area (Å²) in [6.07, 6.45) is 5.38. The van der Waals surface area contributed by atoms with Crippen molar-refractivity contribution in [3.8, 4) is 17.1 Å². The molecule has 3 rings (SSSR count). The van der Waals surface area contributed by atoms with Crippen molar-refractivity contribution in [1.82, 2.24) is 19.6 Å². The second-order valence-corrected chi connectivity index (χ2v) is 3.56. The Morgan fingerprint density at radius 2 is 2.18 bits per heavy atom. The van der Waals surface area contributed by atoms with E-state index in [1.807, 2.05) is 34.9 Å². The van der Waals surface area contributed by atoms with Crippen molar-refractivity contribution in [2.75, 3.05) is 7.11 Å². The van der Waals surface area contributed by atoms with Crippen molar-refractivity contribution in [1.29, 1.82) is 0 Å². The van der Waals surface area contributed by atoms with Gasteiger partial charge in [-0.25, -0.2) is 0 Å². The van der Waals surface area contributed by atoms with Crippen LogP contribution in [-0.2, 0) is 0 Å². The van der Waals surface area contributed by atoms with Crippen LogP contribution in [0.1, 0.15) is 0 Å². The topological polar surface area (TPSA) is 52.3 Å². The van der Waals surface area contributed by atoms with E-state index >= 15 is 0 Å². The summed E-state index contributed by atoms with van der Waals surface area (Å²) in [6, 6.07) is 7.54. The molecule has 0 saturated heterocycles. The van der Waals surface area contributed by atoms with Gasteiger partial charge in [0.05, 0.1) is 7.11 Å². The first-order valence-electron chi connectivity index (χ1n) is 5.17. The molecule has 0 atom stereocenters. The molecule has 0 aromatic carbocycles. The van der Waals surface area contributed by atoms with E-state index in [-0.39, 0.29) is 0 Å². The third kappa shape index (κ3) is 1.61. The number of aromatic nitrogens is 4. The molecule has 0 aliphatic heterocycles. The van der Waals surface area contributed by atoms with Crippen LogP contribution in [0.3, 0.4) is 0 Å². The van der Waals surface area contributed by atoms with Crippen molar-refractivity contribution in [2.24, 2.45) is 0 Å². The third-order valence-corrected chi connectivity index (χ3v) is 2.54. The van der Waals surface area contributed by atoms with Gasteiger partial charge >= 0.3 is 0 Å². The molecular weight excluding hydrogens is 216 g/mol. The number of fused-ring (bicyclic) bond motifs is 1. The van der Waals surface area contributed by atoms with E-state index < -0.39 is 0 Å². The van der Waals surface area contributed by atoms with E-state index in [1.54, 1.807) is 19.5 Å². The minimum atomic E-state index is 0.753. The van der Waals surface area contributed by atoms with Crippen LogP contribution in [0.2, 0.25) is 0 Å². The highest BCUT2D eigenvalue weighted by atomic mass is 16.5. The fourth-order valence-corrected chi connectivity index (χ4v) is 1.69. The van der Waals surface area contributed by atoms with Gasteiger partial charge in [0.2, 0.25) is 0 Å². The Morgan fingerprint density at radius 1 is 1.24 bits per heavy atom. The molecule has 3 aromatic heterocycles. The number of rotatable bonds is 2. The minimum absolute atomic E-state index is 0.753. The predicted molar refractivity (Wildman–Crippen MR) is 62.8 cm³/mol. The lowest BCUT2D eigenvalue weighted by molar-refractivity contribution is 0.414. The van der Waals surface area contributed by atoms with Crippen molar-refractivity contribution < 1.29 is 4.74 Å². The second kappa shape index (κ2) is 3.86. The largest absolute Gasteiger partial charge is 0.497 e. The number of hydrogen-bond donors (Lipinski definition) is 0. The van der Waals surface area contributed by atoms with Crippen LogP contribution in [-0.4, -0.2) is 26.7 Å². The van der Waals surface area contributed by atoms with E-state index in [0.717, 1.165) is 22.8 Å². The smallest absolute Gasteiger partial charge is 0.169 e. The van der Waals surface area contributed by atoms with Crippen LogP contribution < -0.4 is 4.74 Å². The Balaban J connectivity index is 2.19. The summed E-state index contributed by atoms with van der Waals surface area (Å²) >= 11 is 0. The fourth-order valence-electron chi connectivity index (χ4n) is 1.69. The van der Waals surface area contributed by atoms with Crippen LogP contribution in [0.4, 0.5) is 0 Å². The molecule has 0 radical (unpaired) electrons. The Bertz CT molecular complexity index is 648. The van der Waals surface area contributed by atoms with Gasteiger partial charge in [0.25, 0.3) is 0 Å². The summed E-state index contributed by atoms with van der Waals surface area (Å²) in [5.74, 6) is 1.54. The highest BCUT2D eigenvalue weighted by molar-refractivity contribution is 5.59. The lowest BCUT2D eigenvalue weighted by Gasteiger charge is -2.01. The zero-order valence-electron chi connectivity index (χ0n) is 9.24. The standard InChI is InChI=1S/C12H10N4O/c1-17-10-4-6-16-11(7-10)14-15-12(16)9-3-2-5-13-8-9/h2-8H,1H3. The highest BCUT2D eigenvalue weighted by Crippen LogP contribution is 2.19. The fraction of sp³-hybridized carbons (Fsp3) is 0.0833. The van der Waals surface area contributed by atoms with E-state index in [4.69, 9.17) is 4.74 Å². The predicted octanol–water partition coefficient (Wildman–Crippen LogP) is 1.80. The second-order valence-electron chi connectivity index (χ2n) is 3.56. The SMILES string of the molecule is COc1ccn2c(-c3cccnc3)nnc2c1. The summed E-state index contributed by atoms with van der Waals surface area (Å²) in [5.41, 5.74) is 1.69. The zero-order chi connectivity index (χ0) is 11.7. The maximum Gasteiger partial charge on any atom is 0.169 e. The average molecular weight is 226 g/mol. The number of nitrogens with zero attached hydrogens (tertiary/aromatic N) is 4. The van der Waals surface area contributed by atoms with Crippen LogP contribution in [0, 0.1) is 0 Å². The zero-order valence-corrected chi connectivity index (χ0v) is 9.24. The number of hydrogen-bond acceptors (Lipinski definition) is 4. The molecule has 0 fully saturated rings. The minimum Gasteiger partial charge on any atom is -0.497 e. The molecule has 3 heterocycles. The molecule has 0 aliphatic rings. The van der Waals surface area contributed by atoms with E-state index in [0.29, 0.717) is 0 Å². The van der Waals surface area contributed by atoms with E-state index in [2.05, 4.69) is 15.2 Å². The molecule has 0 spiro atoms. The van der Waals surface area contributed by atoms with Gasteiger partial charge < -0.3 is 4.74 Å². The summed E-state index contributed by atoms with van der Waals surface area (Å²) < 4.78 is 7.05. The van der Waals surface area contributed by atoms with Crippen molar-refractivity contribution in [3.63, 3.8) is 0 Å². The molecule has 0 aliphatic carbocycles. The summed E-state index contributed by atoms with van der Waals surface area (Å²) in [6.45, 7) is 0. The third-order valence-electron chi connectivity index (χ3n) is 2.54. The maximum absolute atomic E-state index is 5.14. The quantitative estimate of drug-likeness (QED) is 0.668. The van der Waals surface area contributed by atoms with Gasteiger partial charge in [-0.3, -0.25) is 9.38 Å². The van der Waals surface area contributed by atoms with Gasteiger partial charge in [0, 0.05) is 30.2 Å². The average Bonchev–Trinajstić information content (AvgIpc) is 2.82. The molecule has 0 bridgehead atoms. The van der Waals surface area contributed by atoms with Gasteiger partial charge in [0.15, 0.2) is 11.5 Å². The number of methoxy groups -OCH3 is 1. The van der Waals surface area contributed by atoms with Gasteiger partial charge in [-0.2, -0.15) is 0 Å². The molecule has 0 N–H and O–H groups in total. The lowest BCUT2D eigenvalue weighted by Crippen LogP contribution is -1.90. The van der Waals surface area contributed by atoms with Crippen LogP contribution in [0.15, 0.2) is 42.9 Å². The van der Waals surface area contributed by atoms with Crippen molar-refractivity contribution >= 4 is 5.65 Å². The number of pyridine rings is 2. The summed E-state index contributed by atoms with van der Waals surface area (Å²) in [4.78, 5) is 4.08. The van der Waals surface area contributed by atoms with Gasteiger partial charge in [-0.15, -0.1) is 10.2 Å². The molecule has 17 heavy (non-hydrogen) atoms. The van der Waals surface area contributed by atoms with Crippen LogP contribution >= 0.6 is 0 Å². The van der Waals surface area contributed by atoms with Crippen LogP contribution in [0.5, 0.6) is 5.75 Å². The van der Waals surface area contributed by atoms with Gasteiger partial charge in [-0.1, -0.05) is 0 Å². The summed E-state index contributed by atoms with van der Waals surface area (Å²) in [7, 11) is 1.63. The van der Waals surface area contributed by atoms with E-state index in [9.17, 15) is 0 Å². The molecule has 0 saturated carbocycles. The van der Waals surface area contributed by atoms with Crippen molar-refractivity contribution in [2.45, 2.75) is 0 Å². The summed E-state index contributed by atoms with van der Waals surface area (Å²) in [5, 5.41) is 8.27. The first-order chi connectivity index (χ1) is 8.38. The van der Waals surface area contributed by atoms with Crippen molar-refractivity contribution in [3.05, 3.63) is 42.9 Å². The highest BCUT2D eigenvalue weighted by Gasteiger charge is 2.08.